The summed E-state index contributed by atoms with van der Waals surface area (Å²) in [5.74, 6) is 1.18. The van der Waals surface area contributed by atoms with Crippen LogP contribution in [-0.4, -0.2) is 61.0 Å². The first kappa shape index (κ1) is 23.0. The normalized spacial score (nSPS) is 18.1. The molecule has 2 aliphatic rings. The fourth-order valence-electron chi connectivity index (χ4n) is 4.47. The molecule has 0 aliphatic carbocycles. The fraction of sp³-hybridized carbons (Fsp3) is 0.545. The van der Waals surface area contributed by atoms with Crippen LogP contribution in [0.25, 0.3) is 0 Å². The predicted octanol–water partition coefficient (Wildman–Crippen LogP) is 0.623. The van der Waals surface area contributed by atoms with Gasteiger partial charge in [-0.2, -0.15) is 0 Å². The zero-order chi connectivity index (χ0) is 22.9. The number of benzene rings is 1. The molecule has 4 rings (SSSR count). The second-order valence-corrected chi connectivity index (χ2v) is 10.7. The van der Waals surface area contributed by atoms with Crippen molar-refractivity contribution in [2.24, 2.45) is 5.92 Å². The molecule has 2 radical (unpaired) electrons. The molecular formula is C22H29BN4O4S. The van der Waals surface area contributed by atoms with Gasteiger partial charge in [-0.1, -0.05) is 23.7 Å². The highest BCUT2D eigenvalue weighted by Gasteiger charge is 2.26. The van der Waals surface area contributed by atoms with E-state index in [0.717, 1.165) is 31.4 Å². The molecule has 8 nitrogen and oxygen atoms in total. The van der Waals surface area contributed by atoms with E-state index >= 15 is 0 Å². The zero-order valence-electron chi connectivity index (χ0n) is 18.7. The Morgan fingerprint density at radius 2 is 1.91 bits per heavy atom. The van der Waals surface area contributed by atoms with Gasteiger partial charge in [0.15, 0.2) is 0 Å². The van der Waals surface area contributed by atoms with Crippen molar-refractivity contribution in [1.29, 1.82) is 0 Å². The zero-order valence-corrected chi connectivity index (χ0v) is 19.5. The summed E-state index contributed by atoms with van der Waals surface area (Å²) < 4.78 is 32.3. The second kappa shape index (κ2) is 9.37. The number of sulfonamides is 1. The number of piperidine rings is 1. The topological polar surface area (TPSA) is 84.7 Å². The number of aromatic nitrogens is 2. The van der Waals surface area contributed by atoms with E-state index in [1.54, 1.807) is 4.57 Å². The lowest BCUT2D eigenvalue weighted by Gasteiger charge is -2.30. The number of fused-ring (bicyclic) bond motifs is 1. The minimum absolute atomic E-state index is 0.174. The largest absolute Gasteiger partial charge is 0.486 e. The maximum atomic E-state index is 13.0. The molecule has 0 saturated carbocycles. The summed E-state index contributed by atoms with van der Waals surface area (Å²) in [7, 11) is 2.75. The van der Waals surface area contributed by atoms with Crippen LogP contribution in [0.1, 0.15) is 36.7 Å². The molecule has 1 fully saturated rings. The smallest absolute Gasteiger partial charge is 0.295 e. The monoisotopic (exact) mass is 456 g/mol. The predicted molar refractivity (Wildman–Crippen MR) is 124 cm³/mol. The first-order valence-corrected chi connectivity index (χ1v) is 12.9. The van der Waals surface area contributed by atoms with Gasteiger partial charge in [-0.05, 0) is 36.8 Å². The van der Waals surface area contributed by atoms with Crippen molar-refractivity contribution in [2.45, 2.75) is 45.9 Å². The molecule has 2 aromatic rings. The van der Waals surface area contributed by atoms with Crippen molar-refractivity contribution >= 4 is 23.3 Å². The maximum absolute atomic E-state index is 13.0. The molecule has 0 N–H and O–H groups in total. The highest BCUT2D eigenvalue weighted by Crippen LogP contribution is 2.23. The molecular weight excluding hydrogens is 427 g/mol. The van der Waals surface area contributed by atoms with E-state index in [1.807, 2.05) is 19.1 Å². The van der Waals surface area contributed by atoms with Gasteiger partial charge >= 0.3 is 0 Å². The number of nitrogens with zero attached hydrogens (tertiary/aromatic N) is 4. The molecule has 3 heterocycles. The van der Waals surface area contributed by atoms with Gasteiger partial charge in [-0.3, -0.25) is 14.3 Å². The van der Waals surface area contributed by atoms with Crippen LogP contribution < -0.4 is 15.8 Å². The van der Waals surface area contributed by atoms with Crippen LogP contribution in [0.3, 0.4) is 0 Å². The average molecular weight is 456 g/mol. The van der Waals surface area contributed by atoms with Crippen molar-refractivity contribution < 1.29 is 13.2 Å². The Labute approximate surface area is 190 Å². The van der Waals surface area contributed by atoms with Gasteiger partial charge in [0, 0.05) is 32.7 Å². The van der Waals surface area contributed by atoms with Crippen molar-refractivity contribution in [1.82, 2.24) is 18.8 Å². The third kappa shape index (κ3) is 5.08. The standard InChI is InChI=1S/C22H29BN4O4S/c1-3-27-21(14-25-12-17-4-5-19(23)10-18(17)13-25)24-11-20(22(27)28)31-15-16-6-8-26(9-7-16)32(2,29)30/h4-5,10-11,16H,3,6-9,12-15H2,1-2H3. The van der Waals surface area contributed by atoms with Crippen LogP contribution in [0.15, 0.2) is 29.2 Å². The van der Waals surface area contributed by atoms with Crippen molar-refractivity contribution in [3.05, 3.63) is 51.7 Å². The van der Waals surface area contributed by atoms with E-state index in [2.05, 4.69) is 16.0 Å². The molecule has 0 amide bonds. The summed E-state index contributed by atoms with van der Waals surface area (Å²) in [6, 6.07) is 5.98. The fourth-order valence-corrected chi connectivity index (χ4v) is 5.35. The van der Waals surface area contributed by atoms with E-state index in [-0.39, 0.29) is 17.2 Å². The second-order valence-electron chi connectivity index (χ2n) is 8.68. The number of hydrogen-bond acceptors (Lipinski definition) is 6. The molecule has 1 saturated heterocycles. The molecule has 1 aromatic heterocycles. The van der Waals surface area contributed by atoms with Gasteiger partial charge in [-0.25, -0.2) is 17.7 Å². The SMILES string of the molecule is [B]c1ccc2c(c1)CN(Cc1ncc(OCC3CCN(S(C)(=O)=O)CC3)c(=O)n1CC)C2. The summed E-state index contributed by atoms with van der Waals surface area (Å²) in [5, 5.41) is 0. The van der Waals surface area contributed by atoms with Crippen LogP contribution in [0, 0.1) is 5.92 Å². The highest BCUT2D eigenvalue weighted by atomic mass is 32.2. The van der Waals surface area contributed by atoms with Crippen molar-refractivity contribution in [2.75, 3.05) is 26.0 Å². The summed E-state index contributed by atoms with van der Waals surface area (Å²) in [6.07, 6.45) is 4.21. The lowest BCUT2D eigenvalue weighted by Crippen LogP contribution is -2.39. The third-order valence-electron chi connectivity index (χ3n) is 6.31. The summed E-state index contributed by atoms with van der Waals surface area (Å²) in [4.78, 5) is 19.8. The Kier molecular flexibility index (Phi) is 6.74. The molecule has 2 aliphatic heterocycles. The molecule has 1 aromatic carbocycles. The lowest BCUT2D eigenvalue weighted by molar-refractivity contribution is 0.182. The van der Waals surface area contributed by atoms with E-state index in [1.165, 1.54) is 27.9 Å². The van der Waals surface area contributed by atoms with Crippen LogP contribution in [0.5, 0.6) is 5.75 Å². The Balaban J connectivity index is 1.38. The molecule has 32 heavy (non-hydrogen) atoms. The van der Waals surface area contributed by atoms with Crippen molar-refractivity contribution in [3.63, 3.8) is 0 Å². The Morgan fingerprint density at radius 3 is 2.59 bits per heavy atom. The van der Waals surface area contributed by atoms with Crippen LogP contribution in [-0.2, 0) is 36.2 Å². The van der Waals surface area contributed by atoms with Crippen LogP contribution in [0.2, 0.25) is 0 Å². The minimum atomic E-state index is -3.15. The Bertz CT molecular complexity index is 1140. The third-order valence-corrected chi connectivity index (χ3v) is 7.62. The van der Waals surface area contributed by atoms with E-state index in [9.17, 15) is 13.2 Å². The number of hydrogen-bond donors (Lipinski definition) is 0. The summed E-state index contributed by atoms with van der Waals surface area (Å²) >= 11 is 0. The Hall–Kier alpha value is -2.17. The number of rotatable bonds is 7. The van der Waals surface area contributed by atoms with E-state index < -0.39 is 10.0 Å². The molecule has 0 spiro atoms. The van der Waals surface area contributed by atoms with Gasteiger partial charge in [-0.15, -0.1) is 0 Å². The average Bonchev–Trinajstić information content (AvgIpc) is 3.14. The van der Waals surface area contributed by atoms with Crippen molar-refractivity contribution in [3.8, 4) is 5.75 Å². The number of ether oxygens (including phenoxy) is 1. The molecule has 0 unspecified atom stereocenters. The lowest BCUT2D eigenvalue weighted by atomic mass is 9.93. The molecule has 0 atom stereocenters. The minimum Gasteiger partial charge on any atom is -0.486 e. The van der Waals surface area contributed by atoms with E-state index in [0.29, 0.717) is 38.6 Å². The van der Waals surface area contributed by atoms with Gasteiger partial charge in [0.2, 0.25) is 15.8 Å². The van der Waals surface area contributed by atoms with Crippen LogP contribution >= 0.6 is 0 Å². The maximum Gasteiger partial charge on any atom is 0.295 e. The first-order chi connectivity index (χ1) is 15.2. The van der Waals surface area contributed by atoms with Gasteiger partial charge in [0.1, 0.15) is 13.7 Å². The highest BCUT2D eigenvalue weighted by molar-refractivity contribution is 7.88. The van der Waals surface area contributed by atoms with Gasteiger partial charge in [0.05, 0.1) is 25.6 Å². The molecule has 170 valence electrons. The molecule has 10 heteroatoms. The van der Waals surface area contributed by atoms with Gasteiger partial charge in [0.25, 0.3) is 5.56 Å². The summed E-state index contributed by atoms with van der Waals surface area (Å²) in [5.41, 5.74) is 3.06. The van der Waals surface area contributed by atoms with Gasteiger partial charge < -0.3 is 4.74 Å². The van der Waals surface area contributed by atoms with E-state index in [4.69, 9.17) is 12.6 Å². The van der Waals surface area contributed by atoms with Crippen LogP contribution in [0.4, 0.5) is 0 Å². The first-order valence-electron chi connectivity index (χ1n) is 11.0. The summed E-state index contributed by atoms with van der Waals surface area (Å²) in [6.45, 7) is 5.97. The quantitative estimate of drug-likeness (QED) is 0.569. The Morgan fingerprint density at radius 1 is 1.19 bits per heavy atom. The molecule has 0 bridgehead atoms.